The van der Waals surface area contributed by atoms with Gasteiger partial charge in [-0.2, -0.15) is 0 Å². The fourth-order valence-corrected chi connectivity index (χ4v) is 8.27. The zero-order valence-electron chi connectivity index (χ0n) is 43.1. The van der Waals surface area contributed by atoms with E-state index in [-0.39, 0.29) is 30.0 Å². The van der Waals surface area contributed by atoms with E-state index in [1.165, 1.54) is 96.3 Å². The van der Waals surface area contributed by atoms with Gasteiger partial charge in [-0.05, 0) is 111 Å². The van der Waals surface area contributed by atoms with Crippen LogP contribution in [-0.2, 0) is 38.1 Å². The Bertz CT molecular complexity index is 1050. The van der Waals surface area contributed by atoms with Crippen LogP contribution in [0.25, 0.3) is 0 Å². The van der Waals surface area contributed by atoms with Gasteiger partial charge in [-0.3, -0.25) is 19.2 Å². The maximum Gasteiger partial charge on any atom is 0.306 e. The van der Waals surface area contributed by atoms with Gasteiger partial charge < -0.3 is 23.8 Å². The van der Waals surface area contributed by atoms with Crippen molar-refractivity contribution in [1.82, 2.24) is 4.90 Å². The Morgan fingerprint density at radius 2 is 0.672 bits per heavy atom. The number of rotatable bonds is 49. The summed E-state index contributed by atoms with van der Waals surface area (Å²) in [6.07, 6.45) is 39.8. The van der Waals surface area contributed by atoms with Crippen molar-refractivity contribution in [3.63, 3.8) is 0 Å². The molecule has 0 heterocycles. The molecule has 0 N–H and O–H groups in total. The van der Waals surface area contributed by atoms with Gasteiger partial charge in [-0.25, -0.2) is 0 Å². The Hall–Kier alpha value is -2.16. The first-order chi connectivity index (χ1) is 31.2. The summed E-state index contributed by atoms with van der Waals surface area (Å²) in [5.74, 6) is -0.552. The molecule has 378 valence electrons. The van der Waals surface area contributed by atoms with Gasteiger partial charge >= 0.3 is 23.9 Å². The molecule has 0 aromatic heterocycles. The predicted molar refractivity (Wildman–Crippen MR) is 267 cm³/mol. The SMILES string of the molecule is CCCCCCCCCOC(=O)CCCCCCCN(CCCCCCCC(=O)OC(CCCCCCCC)CCCCCCCC)CCCCC(=O)OC(C)C(C)OC(=O)CCC. The molecule has 2 atom stereocenters. The molecule has 9 nitrogen and oxygen atoms in total. The average molecular weight is 908 g/mol. The summed E-state index contributed by atoms with van der Waals surface area (Å²) >= 11 is 0. The van der Waals surface area contributed by atoms with Crippen LogP contribution in [-0.4, -0.2) is 73.3 Å². The standard InChI is InChI=1S/C55H105NO8/c1-7-11-14-17-20-29-38-48-61-52(57)42-32-25-21-27-35-45-56(47-37-34-44-54(59)63-50(6)49(5)62-53(58)39-10-4)46-36-28-22-26-33-43-55(60)64-51(40-30-23-18-15-12-8-2)41-31-24-19-16-13-9-3/h49-51H,7-48H2,1-6H3. The molecule has 0 radical (unpaired) electrons. The largest absolute Gasteiger partial charge is 0.466 e. The molecular formula is C55H105NO8. The molecule has 2 unspecified atom stereocenters. The van der Waals surface area contributed by atoms with Crippen molar-refractivity contribution < 1.29 is 38.1 Å². The van der Waals surface area contributed by atoms with Crippen molar-refractivity contribution in [3.05, 3.63) is 0 Å². The number of hydrogen-bond donors (Lipinski definition) is 0. The van der Waals surface area contributed by atoms with Gasteiger partial charge in [0, 0.05) is 25.7 Å². The Morgan fingerprint density at radius 3 is 1.12 bits per heavy atom. The molecule has 0 rings (SSSR count). The van der Waals surface area contributed by atoms with Crippen LogP contribution in [0.4, 0.5) is 0 Å². The average Bonchev–Trinajstić information content (AvgIpc) is 3.27. The van der Waals surface area contributed by atoms with Crippen LogP contribution in [0.15, 0.2) is 0 Å². The van der Waals surface area contributed by atoms with E-state index < -0.39 is 12.2 Å². The highest BCUT2D eigenvalue weighted by Crippen LogP contribution is 2.19. The minimum atomic E-state index is -0.474. The van der Waals surface area contributed by atoms with E-state index in [9.17, 15) is 19.2 Å². The molecule has 0 amide bonds. The van der Waals surface area contributed by atoms with Crippen LogP contribution in [0.2, 0.25) is 0 Å². The number of ether oxygens (including phenoxy) is 4. The molecule has 0 aliphatic rings. The second-order valence-corrected chi connectivity index (χ2v) is 19.0. The molecule has 0 spiro atoms. The number of carbonyl (C=O) groups is 4. The summed E-state index contributed by atoms with van der Waals surface area (Å²) in [6.45, 7) is 15.8. The minimum absolute atomic E-state index is 0.00450. The van der Waals surface area contributed by atoms with Gasteiger partial charge in [0.15, 0.2) is 0 Å². The second kappa shape index (κ2) is 47.3. The number of hydrogen-bond acceptors (Lipinski definition) is 9. The summed E-state index contributed by atoms with van der Waals surface area (Å²) in [5, 5.41) is 0. The van der Waals surface area contributed by atoms with E-state index in [0.29, 0.717) is 32.3 Å². The molecule has 0 bridgehead atoms. The zero-order valence-corrected chi connectivity index (χ0v) is 43.1. The molecular weight excluding hydrogens is 803 g/mol. The summed E-state index contributed by atoms with van der Waals surface area (Å²) in [4.78, 5) is 52.1. The Labute approximate surface area is 395 Å². The van der Waals surface area contributed by atoms with Crippen LogP contribution in [0, 0.1) is 0 Å². The molecule has 64 heavy (non-hydrogen) atoms. The van der Waals surface area contributed by atoms with Gasteiger partial charge in [0.2, 0.25) is 0 Å². The lowest BCUT2D eigenvalue weighted by Crippen LogP contribution is -2.30. The van der Waals surface area contributed by atoms with Crippen LogP contribution < -0.4 is 0 Å². The van der Waals surface area contributed by atoms with Gasteiger partial charge in [-0.1, -0.05) is 169 Å². The lowest BCUT2D eigenvalue weighted by molar-refractivity contribution is -0.165. The van der Waals surface area contributed by atoms with Crippen molar-refractivity contribution in [3.8, 4) is 0 Å². The van der Waals surface area contributed by atoms with Crippen LogP contribution in [0.5, 0.6) is 0 Å². The lowest BCUT2D eigenvalue weighted by atomic mass is 10.0. The third-order valence-electron chi connectivity index (χ3n) is 12.6. The van der Waals surface area contributed by atoms with E-state index in [1.807, 2.05) is 6.92 Å². The van der Waals surface area contributed by atoms with Crippen LogP contribution in [0.3, 0.4) is 0 Å². The third kappa shape index (κ3) is 42.5. The van der Waals surface area contributed by atoms with Crippen molar-refractivity contribution >= 4 is 23.9 Å². The second-order valence-electron chi connectivity index (χ2n) is 19.0. The van der Waals surface area contributed by atoms with Gasteiger partial charge in [-0.15, -0.1) is 0 Å². The van der Waals surface area contributed by atoms with Crippen molar-refractivity contribution in [2.24, 2.45) is 0 Å². The molecule has 0 aliphatic heterocycles. The number of unbranched alkanes of at least 4 members (excludes halogenated alkanes) is 25. The van der Waals surface area contributed by atoms with E-state index in [4.69, 9.17) is 18.9 Å². The van der Waals surface area contributed by atoms with E-state index in [2.05, 4.69) is 25.7 Å². The Balaban J connectivity index is 4.68. The summed E-state index contributed by atoms with van der Waals surface area (Å²) in [5.41, 5.74) is 0. The molecule has 0 aromatic carbocycles. The van der Waals surface area contributed by atoms with E-state index in [1.54, 1.807) is 13.8 Å². The Morgan fingerprint density at radius 1 is 0.344 bits per heavy atom. The molecule has 0 aliphatic carbocycles. The van der Waals surface area contributed by atoms with Gasteiger partial charge in [0.1, 0.15) is 18.3 Å². The highest BCUT2D eigenvalue weighted by Gasteiger charge is 2.20. The van der Waals surface area contributed by atoms with E-state index in [0.717, 1.165) is 142 Å². The normalized spacial score (nSPS) is 12.4. The van der Waals surface area contributed by atoms with E-state index >= 15 is 0 Å². The molecule has 0 aromatic rings. The lowest BCUT2D eigenvalue weighted by Gasteiger charge is -2.23. The predicted octanol–water partition coefficient (Wildman–Crippen LogP) is 15.5. The first-order valence-electron chi connectivity index (χ1n) is 27.6. The maximum atomic E-state index is 12.9. The monoisotopic (exact) mass is 908 g/mol. The van der Waals surface area contributed by atoms with Crippen molar-refractivity contribution in [2.75, 3.05) is 26.2 Å². The number of carbonyl (C=O) groups excluding carboxylic acids is 4. The van der Waals surface area contributed by atoms with Crippen LogP contribution >= 0.6 is 0 Å². The third-order valence-corrected chi connectivity index (χ3v) is 12.6. The molecule has 0 saturated carbocycles. The first kappa shape index (κ1) is 61.8. The fraction of sp³-hybridized carbons (Fsp3) is 0.927. The van der Waals surface area contributed by atoms with Crippen LogP contribution in [0.1, 0.15) is 286 Å². The smallest absolute Gasteiger partial charge is 0.306 e. The topological polar surface area (TPSA) is 108 Å². The summed E-state index contributed by atoms with van der Waals surface area (Å²) in [6, 6.07) is 0. The quantitative estimate of drug-likeness (QED) is 0.0335. The number of nitrogens with zero attached hydrogens (tertiary/aromatic N) is 1. The van der Waals surface area contributed by atoms with Crippen molar-refractivity contribution in [1.29, 1.82) is 0 Å². The number of esters is 4. The van der Waals surface area contributed by atoms with Gasteiger partial charge in [0.05, 0.1) is 6.61 Å². The summed E-state index contributed by atoms with van der Waals surface area (Å²) in [7, 11) is 0. The van der Waals surface area contributed by atoms with Gasteiger partial charge in [0.25, 0.3) is 0 Å². The molecule has 9 heteroatoms. The highest BCUT2D eigenvalue weighted by atomic mass is 16.6. The highest BCUT2D eigenvalue weighted by molar-refractivity contribution is 5.71. The zero-order chi connectivity index (χ0) is 47.1. The fourth-order valence-electron chi connectivity index (χ4n) is 8.27. The first-order valence-corrected chi connectivity index (χ1v) is 27.6. The Kier molecular flexibility index (Phi) is 45.7. The summed E-state index contributed by atoms with van der Waals surface area (Å²) < 4.78 is 22.5. The molecule has 0 saturated heterocycles. The van der Waals surface area contributed by atoms with Crippen molar-refractivity contribution in [2.45, 2.75) is 304 Å². The molecule has 0 fully saturated rings. The minimum Gasteiger partial charge on any atom is -0.466 e. The maximum absolute atomic E-state index is 12.9.